The summed E-state index contributed by atoms with van der Waals surface area (Å²) >= 11 is 0. The van der Waals surface area contributed by atoms with Crippen LogP contribution in [0.25, 0.3) is 0 Å². The van der Waals surface area contributed by atoms with Crippen molar-refractivity contribution in [2.24, 2.45) is 0 Å². The predicted molar refractivity (Wildman–Crippen MR) is 72.4 cm³/mol. The van der Waals surface area contributed by atoms with Gasteiger partial charge in [0.2, 0.25) is 0 Å². The van der Waals surface area contributed by atoms with Gasteiger partial charge in [-0.3, -0.25) is 4.79 Å². The highest BCUT2D eigenvalue weighted by Crippen LogP contribution is 2.20. The van der Waals surface area contributed by atoms with Crippen LogP contribution in [-0.2, 0) is 4.79 Å². The fourth-order valence-corrected chi connectivity index (χ4v) is 2.09. The van der Waals surface area contributed by atoms with Crippen molar-refractivity contribution in [2.45, 2.75) is 40.2 Å². The number of aliphatic carboxylic acids is 1. The van der Waals surface area contributed by atoms with Gasteiger partial charge in [-0.1, -0.05) is 5.16 Å². The lowest BCUT2D eigenvalue weighted by Gasteiger charge is -2.23. The second-order valence-electron chi connectivity index (χ2n) is 4.63. The van der Waals surface area contributed by atoms with E-state index in [1.54, 1.807) is 6.92 Å². The van der Waals surface area contributed by atoms with Crippen LogP contribution in [0.1, 0.15) is 43.3 Å². The van der Waals surface area contributed by atoms with Gasteiger partial charge in [0.05, 0.1) is 18.2 Å². The van der Waals surface area contributed by atoms with Crippen molar-refractivity contribution < 1.29 is 19.2 Å². The molecule has 0 fully saturated rings. The SMILES string of the molecule is CCN(CCC(=O)O)C(=O)NC(C)c1c(C)noc1C. The molecule has 20 heavy (non-hydrogen) atoms. The van der Waals surface area contributed by atoms with Crippen molar-refractivity contribution in [1.29, 1.82) is 0 Å². The van der Waals surface area contributed by atoms with E-state index in [0.29, 0.717) is 12.3 Å². The van der Waals surface area contributed by atoms with E-state index in [1.165, 1.54) is 4.90 Å². The molecule has 1 aromatic rings. The molecule has 0 bridgehead atoms. The van der Waals surface area contributed by atoms with Gasteiger partial charge in [0.15, 0.2) is 0 Å². The first kappa shape index (κ1) is 16.0. The molecular weight excluding hydrogens is 262 g/mol. The van der Waals surface area contributed by atoms with Gasteiger partial charge in [-0.2, -0.15) is 0 Å². The van der Waals surface area contributed by atoms with Crippen molar-refractivity contribution >= 4 is 12.0 Å². The maximum atomic E-state index is 12.1. The molecule has 0 radical (unpaired) electrons. The van der Waals surface area contributed by atoms with E-state index in [2.05, 4.69) is 10.5 Å². The number of amides is 2. The van der Waals surface area contributed by atoms with E-state index < -0.39 is 5.97 Å². The van der Waals surface area contributed by atoms with Crippen LogP contribution in [-0.4, -0.2) is 40.3 Å². The predicted octanol–water partition coefficient (Wildman–Crippen LogP) is 1.86. The largest absolute Gasteiger partial charge is 0.481 e. The number of aryl methyl sites for hydroxylation is 2. The van der Waals surface area contributed by atoms with E-state index >= 15 is 0 Å². The minimum Gasteiger partial charge on any atom is -0.481 e. The molecule has 0 aromatic carbocycles. The van der Waals surface area contributed by atoms with Crippen LogP contribution >= 0.6 is 0 Å². The van der Waals surface area contributed by atoms with E-state index in [-0.39, 0.29) is 25.0 Å². The van der Waals surface area contributed by atoms with Gasteiger partial charge in [-0.05, 0) is 27.7 Å². The van der Waals surface area contributed by atoms with Crippen molar-refractivity contribution in [1.82, 2.24) is 15.4 Å². The molecule has 0 aliphatic rings. The summed E-state index contributed by atoms with van der Waals surface area (Å²) in [5, 5.41) is 15.3. The summed E-state index contributed by atoms with van der Waals surface area (Å²) in [6.07, 6.45) is -0.0685. The Kier molecular flexibility index (Phi) is 5.54. The first-order valence-corrected chi connectivity index (χ1v) is 6.56. The zero-order chi connectivity index (χ0) is 15.3. The van der Waals surface area contributed by atoms with Gasteiger partial charge in [0.25, 0.3) is 0 Å². The highest BCUT2D eigenvalue weighted by atomic mass is 16.5. The number of carboxylic acid groups (broad SMARTS) is 1. The van der Waals surface area contributed by atoms with Crippen molar-refractivity contribution in [2.75, 3.05) is 13.1 Å². The van der Waals surface area contributed by atoms with Crippen LogP contribution in [0.15, 0.2) is 4.52 Å². The standard InChI is InChI=1S/C13H21N3O4/c1-5-16(7-6-11(17)18)13(19)14-8(2)12-9(3)15-20-10(12)4/h8H,5-7H2,1-4H3,(H,14,19)(H,17,18). The summed E-state index contributed by atoms with van der Waals surface area (Å²) in [4.78, 5) is 24.1. The van der Waals surface area contributed by atoms with E-state index in [9.17, 15) is 9.59 Å². The quantitative estimate of drug-likeness (QED) is 0.830. The second-order valence-corrected chi connectivity index (χ2v) is 4.63. The summed E-state index contributed by atoms with van der Waals surface area (Å²) in [5.41, 5.74) is 1.59. The number of urea groups is 1. The van der Waals surface area contributed by atoms with E-state index in [0.717, 1.165) is 11.3 Å². The summed E-state index contributed by atoms with van der Waals surface area (Å²) in [6.45, 7) is 7.90. The third kappa shape index (κ3) is 3.97. The summed E-state index contributed by atoms with van der Waals surface area (Å²) < 4.78 is 5.07. The minimum atomic E-state index is -0.921. The number of aromatic nitrogens is 1. The molecule has 1 rings (SSSR count). The molecule has 0 saturated heterocycles. The third-order valence-corrected chi connectivity index (χ3v) is 3.13. The van der Waals surface area contributed by atoms with Gasteiger partial charge in [-0.15, -0.1) is 0 Å². The maximum absolute atomic E-state index is 12.1. The van der Waals surface area contributed by atoms with Crippen LogP contribution in [0.2, 0.25) is 0 Å². The molecular formula is C13H21N3O4. The number of nitrogens with zero attached hydrogens (tertiary/aromatic N) is 2. The van der Waals surface area contributed by atoms with Gasteiger partial charge < -0.3 is 19.8 Å². The molecule has 2 amide bonds. The fraction of sp³-hybridized carbons (Fsp3) is 0.615. The minimum absolute atomic E-state index is 0.0685. The Bertz CT molecular complexity index is 464. The molecule has 0 spiro atoms. The van der Waals surface area contributed by atoms with Crippen molar-refractivity contribution in [3.63, 3.8) is 0 Å². The normalized spacial score (nSPS) is 12.0. The maximum Gasteiger partial charge on any atom is 0.317 e. The molecule has 1 aromatic heterocycles. The van der Waals surface area contributed by atoms with E-state index in [1.807, 2.05) is 20.8 Å². The van der Waals surface area contributed by atoms with Gasteiger partial charge in [-0.25, -0.2) is 4.79 Å². The number of rotatable bonds is 6. The highest BCUT2D eigenvalue weighted by Gasteiger charge is 2.20. The fourth-order valence-electron chi connectivity index (χ4n) is 2.09. The monoisotopic (exact) mass is 283 g/mol. The first-order chi connectivity index (χ1) is 9.36. The molecule has 112 valence electrons. The Morgan fingerprint density at radius 1 is 1.45 bits per heavy atom. The summed E-state index contributed by atoms with van der Waals surface area (Å²) in [6, 6.07) is -0.533. The zero-order valence-corrected chi connectivity index (χ0v) is 12.3. The Morgan fingerprint density at radius 2 is 2.10 bits per heavy atom. The molecule has 1 atom stereocenters. The summed E-state index contributed by atoms with van der Waals surface area (Å²) in [5.74, 6) is -0.251. The smallest absolute Gasteiger partial charge is 0.317 e. The molecule has 7 heteroatoms. The van der Waals surface area contributed by atoms with Crippen molar-refractivity contribution in [3.8, 4) is 0 Å². The van der Waals surface area contributed by atoms with Crippen LogP contribution in [0, 0.1) is 13.8 Å². The molecule has 7 nitrogen and oxygen atoms in total. The molecule has 1 unspecified atom stereocenters. The van der Waals surface area contributed by atoms with Gasteiger partial charge in [0, 0.05) is 18.7 Å². The van der Waals surface area contributed by atoms with Crippen LogP contribution in [0.4, 0.5) is 4.79 Å². The number of carbonyl (C=O) groups is 2. The van der Waals surface area contributed by atoms with Gasteiger partial charge in [0.1, 0.15) is 5.76 Å². The number of nitrogens with one attached hydrogen (secondary N) is 1. The lowest BCUT2D eigenvalue weighted by atomic mass is 10.1. The zero-order valence-electron chi connectivity index (χ0n) is 12.3. The number of carbonyl (C=O) groups excluding carboxylic acids is 1. The second kappa shape index (κ2) is 6.93. The molecule has 2 N–H and O–H groups in total. The number of hydrogen-bond donors (Lipinski definition) is 2. The average molecular weight is 283 g/mol. The average Bonchev–Trinajstić information content (AvgIpc) is 2.69. The highest BCUT2D eigenvalue weighted by molar-refractivity contribution is 5.75. The number of carboxylic acids is 1. The van der Waals surface area contributed by atoms with Gasteiger partial charge >= 0.3 is 12.0 Å². The number of hydrogen-bond acceptors (Lipinski definition) is 4. The van der Waals surface area contributed by atoms with E-state index in [4.69, 9.17) is 9.63 Å². The Hall–Kier alpha value is -2.05. The lowest BCUT2D eigenvalue weighted by Crippen LogP contribution is -2.42. The molecule has 0 saturated carbocycles. The summed E-state index contributed by atoms with van der Waals surface area (Å²) in [7, 11) is 0. The first-order valence-electron chi connectivity index (χ1n) is 6.56. The van der Waals surface area contributed by atoms with Crippen molar-refractivity contribution in [3.05, 3.63) is 17.0 Å². The van der Waals surface area contributed by atoms with Crippen LogP contribution < -0.4 is 5.32 Å². The molecule has 1 heterocycles. The Morgan fingerprint density at radius 3 is 2.55 bits per heavy atom. The van der Waals surface area contributed by atoms with Crippen LogP contribution in [0.3, 0.4) is 0 Å². The molecule has 0 aliphatic heterocycles. The lowest BCUT2D eigenvalue weighted by molar-refractivity contribution is -0.137. The van der Waals surface area contributed by atoms with Crippen LogP contribution in [0.5, 0.6) is 0 Å². The Labute approximate surface area is 117 Å². The topological polar surface area (TPSA) is 95.7 Å². The third-order valence-electron chi connectivity index (χ3n) is 3.13. The molecule has 0 aliphatic carbocycles. The Balaban J connectivity index is 2.66.